The first-order valence-corrected chi connectivity index (χ1v) is 12.4. The third-order valence-corrected chi connectivity index (χ3v) is 7.44. The van der Waals surface area contributed by atoms with Gasteiger partial charge in [-0.05, 0) is 36.4 Å². The third kappa shape index (κ3) is 4.35. The molecule has 2 aliphatic heterocycles. The van der Waals surface area contributed by atoms with Crippen molar-refractivity contribution in [1.29, 1.82) is 0 Å². The van der Waals surface area contributed by atoms with Gasteiger partial charge in [-0.2, -0.15) is 5.10 Å². The van der Waals surface area contributed by atoms with Crippen LogP contribution in [0.15, 0.2) is 47.8 Å². The van der Waals surface area contributed by atoms with Crippen LogP contribution in [0.3, 0.4) is 0 Å². The number of para-hydroxylation sites is 1. The summed E-state index contributed by atoms with van der Waals surface area (Å²) in [7, 11) is 1.85. The van der Waals surface area contributed by atoms with Gasteiger partial charge in [0.1, 0.15) is 0 Å². The van der Waals surface area contributed by atoms with E-state index in [4.69, 9.17) is 0 Å². The van der Waals surface area contributed by atoms with Crippen molar-refractivity contribution in [1.82, 2.24) is 19.6 Å². The molecule has 1 aromatic carbocycles. The standard InChI is InChI=1S/C25H27N5O3S/c1-28-20-11-13-30(24(32)21-10-6-14-34-21)16-19(20)22(27-28)25(33)29-12-5-7-17(15-29)23(31)26-18-8-3-2-4-9-18/h2-4,6,8-10,14,17H,5,7,11-13,15-16H2,1H3,(H,26,31)/t17-/m0/s1. The van der Waals surface area contributed by atoms with Gasteiger partial charge in [0, 0.05) is 50.0 Å². The quantitative estimate of drug-likeness (QED) is 0.625. The van der Waals surface area contributed by atoms with Crippen LogP contribution in [-0.4, -0.2) is 56.9 Å². The smallest absolute Gasteiger partial charge is 0.274 e. The highest BCUT2D eigenvalue weighted by atomic mass is 32.1. The zero-order valence-corrected chi connectivity index (χ0v) is 19.9. The van der Waals surface area contributed by atoms with E-state index in [1.807, 2.05) is 54.9 Å². The Kier molecular flexibility index (Phi) is 6.19. The van der Waals surface area contributed by atoms with Crippen molar-refractivity contribution in [3.63, 3.8) is 0 Å². The molecule has 2 aromatic heterocycles. The molecule has 0 bridgehead atoms. The monoisotopic (exact) mass is 477 g/mol. The fourth-order valence-electron chi connectivity index (χ4n) is 4.78. The van der Waals surface area contributed by atoms with E-state index >= 15 is 0 Å². The average Bonchev–Trinajstić information content (AvgIpc) is 3.52. The van der Waals surface area contributed by atoms with Crippen LogP contribution in [0.2, 0.25) is 0 Å². The normalized spacial score (nSPS) is 17.9. The number of hydrogen-bond acceptors (Lipinski definition) is 5. The van der Waals surface area contributed by atoms with Crippen LogP contribution in [0.5, 0.6) is 0 Å². The Balaban J connectivity index is 1.31. The number of rotatable bonds is 4. The van der Waals surface area contributed by atoms with E-state index in [2.05, 4.69) is 10.4 Å². The Morgan fingerprint density at radius 2 is 1.85 bits per heavy atom. The number of nitrogens with one attached hydrogen (secondary N) is 1. The van der Waals surface area contributed by atoms with E-state index in [1.165, 1.54) is 11.3 Å². The molecule has 0 aliphatic carbocycles. The molecule has 1 fully saturated rings. The van der Waals surface area contributed by atoms with E-state index in [-0.39, 0.29) is 23.6 Å². The summed E-state index contributed by atoms with van der Waals surface area (Å²) in [5.41, 5.74) is 2.96. The molecule has 5 rings (SSSR count). The predicted molar refractivity (Wildman–Crippen MR) is 130 cm³/mol. The highest BCUT2D eigenvalue weighted by molar-refractivity contribution is 7.12. The van der Waals surface area contributed by atoms with Gasteiger partial charge in [-0.1, -0.05) is 24.3 Å². The Morgan fingerprint density at radius 1 is 1.03 bits per heavy atom. The number of anilines is 1. The first-order valence-electron chi connectivity index (χ1n) is 11.5. The van der Waals surface area contributed by atoms with E-state index in [1.54, 1.807) is 14.5 Å². The van der Waals surface area contributed by atoms with Crippen molar-refractivity contribution in [3.8, 4) is 0 Å². The topological polar surface area (TPSA) is 87.5 Å². The van der Waals surface area contributed by atoms with E-state index in [0.717, 1.165) is 29.8 Å². The van der Waals surface area contributed by atoms with Crippen LogP contribution in [0, 0.1) is 5.92 Å². The summed E-state index contributed by atoms with van der Waals surface area (Å²) in [6.07, 6.45) is 2.16. The summed E-state index contributed by atoms with van der Waals surface area (Å²) in [6, 6.07) is 13.1. The molecule has 3 aromatic rings. The SMILES string of the molecule is Cn1nc(C(=O)N2CCC[C@H](C(=O)Nc3ccccc3)C2)c2c1CCN(C(=O)c1cccs1)C2. The maximum absolute atomic E-state index is 13.5. The molecule has 0 unspecified atom stereocenters. The van der Waals surface area contributed by atoms with Gasteiger partial charge in [-0.25, -0.2) is 0 Å². The largest absolute Gasteiger partial charge is 0.336 e. The second-order valence-corrected chi connectivity index (χ2v) is 9.74. The van der Waals surface area contributed by atoms with Crippen molar-refractivity contribution in [2.75, 3.05) is 25.0 Å². The van der Waals surface area contributed by atoms with E-state index in [9.17, 15) is 14.4 Å². The van der Waals surface area contributed by atoms with Gasteiger partial charge in [0.25, 0.3) is 11.8 Å². The number of likely N-dealkylation sites (tertiary alicyclic amines) is 1. The number of carbonyl (C=O) groups excluding carboxylic acids is 3. The summed E-state index contributed by atoms with van der Waals surface area (Å²) in [5, 5.41) is 9.40. The summed E-state index contributed by atoms with van der Waals surface area (Å²) >= 11 is 1.42. The number of amides is 3. The maximum atomic E-state index is 13.5. The minimum Gasteiger partial charge on any atom is -0.336 e. The lowest BCUT2D eigenvalue weighted by Crippen LogP contribution is -2.44. The lowest BCUT2D eigenvalue weighted by atomic mass is 9.96. The second kappa shape index (κ2) is 9.42. The first kappa shape index (κ1) is 22.3. The van der Waals surface area contributed by atoms with Crippen LogP contribution >= 0.6 is 11.3 Å². The molecule has 1 N–H and O–H groups in total. The number of carbonyl (C=O) groups is 3. The summed E-state index contributed by atoms with van der Waals surface area (Å²) in [4.78, 5) is 43.5. The first-order chi connectivity index (χ1) is 16.5. The highest BCUT2D eigenvalue weighted by Crippen LogP contribution is 2.27. The summed E-state index contributed by atoms with van der Waals surface area (Å²) in [5.74, 6) is -0.521. The summed E-state index contributed by atoms with van der Waals surface area (Å²) < 4.78 is 1.76. The van der Waals surface area contributed by atoms with Crippen molar-refractivity contribution >= 4 is 34.7 Å². The van der Waals surface area contributed by atoms with Crippen LogP contribution in [0.25, 0.3) is 0 Å². The number of fused-ring (bicyclic) bond motifs is 1. The minimum atomic E-state index is -0.269. The molecule has 3 amide bonds. The number of thiophene rings is 1. The van der Waals surface area contributed by atoms with Gasteiger partial charge in [0.2, 0.25) is 5.91 Å². The molecule has 8 nitrogen and oxygen atoms in total. The van der Waals surface area contributed by atoms with Gasteiger partial charge in [-0.3, -0.25) is 19.1 Å². The number of aryl methyl sites for hydroxylation is 1. The zero-order valence-electron chi connectivity index (χ0n) is 19.1. The Morgan fingerprint density at radius 3 is 2.62 bits per heavy atom. The molecular formula is C25H27N5O3S. The molecule has 2 aliphatic rings. The highest BCUT2D eigenvalue weighted by Gasteiger charge is 2.34. The lowest BCUT2D eigenvalue weighted by Gasteiger charge is -2.32. The Labute approximate surface area is 202 Å². The van der Waals surface area contributed by atoms with Crippen LogP contribution < -0.4 is 5.32 Å². The van der Waals surface area contributed by atoms with Crippen molar-refractivity contribution in [3.05, 3.63) is 69.7 Å². The van der Waals surface area contributed by atoms with Gasteiger partial charge >= 0.3 is 0 Å². The molecule has 0 radical (unpaired) electrons. The van der Waals surface area contributed by atoms with Crippen molar-refractivity contribution in [2.45, 2.75) is 25.8 Å². The summed E-state index contributed by atoms with van der Waals surface area (Å²) in [6.45, 7) is 1.92. The minimum absolute atomic E-state index is 0.0153. The molecule has 34 heavy (non-hydrogen) atoms. The van der Waals surface area contributed by atoms with Crippen LogP contribution in [0.4, 0.5) is 5.69 Å². The number of aromatic nitrogens is 2. The molecule has 1 atom stereocenters. The Hall–Kier alpha value is -3.46. The van der Waals surface area contributed by atoms with Crippen LogP contribution in [-0.2, 0) is 24.8 Å². The molecule has 9 heteroatoms. The van der Waals surface area contributed by atoms with E-state index < -0.39 is 0 Å². The van der Waals surface area contributed by atoms with Gasteiger partial charge in [0.15, 0.2) is 5.69 Å². The number of nitrogens with zero attached hydrogens (tertiary/aromatic N) is 4. The van der Waals surface area contributed by atoms with Crippen molar-refractivity contribution < 1.29 is 14.4 Å². The predicted octanol–water partition coefficient (Wildman–Crippen LogP) is 3.17. The molecule has 0 spiro atoms. The van der Waals surface area contributed by atoms with E-state index in [0.29, 0.717) is 43.2 Å². The molecule has 1 saturated heterocycles. The van der Waals surface area contributed by atoms with Gasteiger partial charge in [-0.15, -0.1) is 11.3 Å². The number of hydrogen-bond donors (Lipinski definition) is 1. The molecule has 0 saturated carbocycles. The third-order valence-electron chi connectivity index (χ3n) is 6.58. The fourth-order valence-corrected chi connectivity index (χ4v) is 5.48. The number of piperidine rings is 1. The van der Waals surface area contributed by atoms with Crippen molar-refractivity contribution in [2.24, 2.45) is 13.0 Å². The Bertz CT molecular complexity index is 1200. The zero-order chi connectivity index (χ0) is 23.7. The maximum Gasteiger partial charge on any atom is 0.274 e. The molecule has 4 heterocycles. The second-order valence-electron chi connectivity index (χ2n) is 8.80. The van der Waals surface area contributed by atoms with Gasteiger partial charge in [0.05, 0.1) is 17.3 Å². The fraction of sp³-hybridized carbons (Fsp3) is 0.360. The molecular weight excluding hydrogens is 450 g/mol. The average molecular weight is 478 g/mol. The number of benzene rings is 1. The lowest BCUT2D eigenvalue weighted by molar-refractivity contribution is -0.121. The van der Waals surface area contributed by atoms with Gasteiger partial charge < -0.3 is 15.1 Å². The van der Waals surface area contributed by atoms with Crippen LogP contribution in [0.1, 0.15) is 44.3 Å². The molecule has 176 valence electrons.